The van der Waals surface area contributed by atoms with E-state index in [4.69, 9.17) is 16.3 Å². The molecule has 0 bridgehead atoms. The third-order valence-corrected chi connectivity index (χ3v) is 6.20. The molecule has 0 atom stereocenters. The fourth-order valence-corrected chi connectivity index (χ4v) is 4.70. The number of nitrogens with one attached hydrogen (secondary N) is 1. The maximum atomic E-state index is 13.3. The lowest BCUT2D eigenvalue weighted by atomic mass is 10.2. The number of hydrogen-bond donors (Lipinski definition) is 1. The average molecular weight is 398 g/mol. The van der Waals surface area contributed by atoms with Crippen molar-refractivity contribution in [3.63, 3.8) is 0 Å². The largest absolute Gasteiger partial charge is 0.462 e. The summed E-state index contributed by atoms with van der Waals surface area (Å²) in [6, 6.07) is 5.90. The third-order valence-electron chi connectivity index (χ3n) is 3.41. The SMILES string of the molecule is CCOC(=O)c1sc(NC(=O)c2sc3cc(F)ccc3c2Cl)cc1C. The molecule has 0 aliphatic heterocycles. The van der Waals surface area contributed by atoms with Crippen molar-refractivity contribution in [1.82, 2.24) is 0 Å². The van der Waals surface area contributed by atoms with Gasteiger partial charge in [0.05, 0.1) is 16.6 Å². The van der Waals surface area contributed by atoms with Crippen molar-refractivity contribution in [2.24, 2.45) is 0 Å². The molecular weight excluding hydrogens is 385 g/mol. The number of carbonyl (C=O) groups is 2. The van der Waals surface area contributed by atoms with E-state index in [9.17, 15) is 14.0 Å². The molecule has 0 unspecified atom stereocenters. The Kier molecular flexibility index (Phi) is 5.08. The van der Waals surface area contributed by atoms with Gasteiger partial charge in [-0.2, -0.15) is 0 Å². The predicted molar refractivity (Wildman–Crippen MR) is 99.8 cm³/mol. The summed E-state index contributed by atoms with van der Waals surface area (Å²) in [5, 5.41) is 4.18. The number of esters is 1. The van der Waals surface area contributed by atoms with Gasteiger partial charge in [0.2, 0.25) is 0 Å². The first kappa shape index (κ1) is 17.8. The highest BCUT2D eigenvalue weighted by molar-refractivity contribution is 7.22. The Bertz CT molecular complexity index is 980. The topological polar surface area (TPSA) is 55.4 Å². The molecule has 1 amide bonds. The van der Waals surface area contributed by atoms with E-state index in [-0.39, 0.29) is 17.4 Å². The number of benzene rings is 1. The van der Waals surface area contributed by atoms with Crippen molar-refractivity contribution >= 4 is 61.2 Å². The molecule has 0 spiro atoms. The van der Waals surface area contributed by atoms with Crippen LogP contribution in [0, 0.1) is 12.7 Å². The van der Waals surface area contributed by atoms with Crippen LogP contribution >= 0.6 is 34.3 Å². The molecule has 3 rings (SSSR count). The summed E-state index contributed by atoms with van der Waals surface area (Å²) in [5.41, 5.74) is 0.725. The Morgan fingerprint density at radius 2 is 2.00 bits per heavy atom. The van der Waals surface area contributed by atoms with Gasteiger partial charge in [-0.25, -0.2) is 9.18 Å². The van der Waals surface area contributed by atoms with Gasteiger partial charge in [0.25, 0.3) is 5.91 Å². The monoisotopic (exact) mass is 397 g/mol. The number of fused-ring (bicyclic) bond motifs is 1. The molecule has 130 valence electrons. The van der Waals surface area contributed by atoms with E-state index in [0.29, 0.717) is 24.8 Å². The summed E-state index contributed by atoms with van der Waals surface area (Å²) in [6.45, 7) is 3.79. The van der Waals surface area contributed by atoms with Crippen LogP contribution in [-0.2, 0) is 4.74 Å². The van der Waals surface area contributed by atoms with Gasteiger partial charge in [-0.3, -0.25) is 4.79 Å². The summed E-state index contributed by atoms with van der Waals surface area (Å²) in [4.78, 5) is 25.1. The zero-order chi connectivity index (χ0) is 18.1. The van der Waals surface area contributed by atoms with Crippen molar-refractivity contribution in [2.45, 2.75) is 13.8 Å². The highest BCUT2D eigenvalue weighted by atomic mass is 35.5. The van der Waals surface area contributed by atoms with Crippen molar-refractivity contribution in [3.8, 4) is 0 Å². The molecule has 0 saturated carbocycles. The number of carbonyl (C=O) groups excluding carboxylic acids is 2. The number of hydrogen-bond acceptors (Lipinski definition) is 5. The van der Waals surface area contributed by atoms with Gasteiger partial charge in [0.1, 0.15) is 15.6 Å². The number of anilines is 1. The Morgan fingerprint density at radius 1 is 1.24 bits per heavy atom. The van der Waals surface area contributed by atoms with E-state index in [1.165, 1.54) is 12.1 Å². The average Bonchev–Trinajstić information content (AvgIpc) is 3.07. The molecule has 1 aromatic carbocycles. The van der Waals surface area contributed by atoms with Crippen LogP contribution in [0.15, 0.2) is 24.3 Å². The molecule has 1 N–H and O–H groups in total. The van der Waals surface area contributed by atoms with E-state index in [0.717, 1.165) is 28.2 Å². The second-order valence-corrected chi connectivity index (χ2v) is 7.67. The van der Waals surface area contributed by atoms with Crippen molar-refractivity contribution in [3.05, 3.63) is 50.4 Å². The van der Waals surface area contributed by atoms with E-state index >= 15 is 0 Å². The summed E-state index contributed by atoms with van der Waals surface area (Å²) in [7, 11) is 0. The van der Waals surface area contributed by atoms with E-state index < -0.39 is 11.9 Å². The molecular formula is C17H13ClFNO3S2. The standard InChI is InChI=1S/C17H13ClFNO3S2/c1-3-23-17(22)14-8(2)6-12(25-14)20-16(21)15-13(18)10-5-4-9(19)7-11(10)24-15/h4-7H,3H2,1-2H3,(H,20,21). The van der Waals surface area contributed by atoms with Crippen molar-refractivity contribution < 1.29 is 18.7 Å². The number of amides is 1. The fourth-order valence-electron chi connectivity index (χ4n) is 2.30. The number of ether oxygens (including phenoxy) is 1. The summed E-state index contributed by atoms with van der Waals surface area (Å²) in [5.74, 6) is -1.20. The lowest BCUT2D eigenvalue weighted by molar-refractivity contribution is 0.0531. The second kappa shape index (κ2) is 7.11. The van der Waals surface area contributed by atoms with E-state index in [1.54, 1.807) is 26.0 Å². The molecule has 0 aliphatic carbocycles. The van der Waals surface area contributed by atoms with Crippen LogP contribution in [0.4, 0.5) is 9.39 Å². The van der Waals surface area contributed by atoms with Crippen LogP contribution in [0.5, 0.6) is 0 Å². The number of halogens is 2. The molecule has 2 aromatic heterocycles. The van der Waals surface area contributed by atoms with E-state index in [1.807, 2.05) is 0 Å². The van der Waals surface area contributed by atoms with Crippen LogP contribution in [0.1, 0.15) is 31.8 Å². The van der Waals surface area contributed by atoms with Crippen molar-refractivity contribution in [1.29, 1.82) is 0 Å². The maximum Gasteiger partial charge on any atom is 0.348 e. The van der Waals surface area contributed by atoms with Crippen LogP contribution in [-0.4, -0.2) is 18.5 Å². The second-order valence-electron chi connectivity index (χ2n) is 5.18. The highest BCUT2D eigenvalue weighted by Crippen LogP contribution is 2.37. The van der Waals surface area contributed by atoms with Gasteiger partial charge in [-0.15, -0.1) is 22.7 Å². The molecule has 0 aliphatic rings. The van der Waals surface area contributed by atoms with Crippen LogP contribution in [0.25, 0.3) is 10.1 Å². The minimum absolute atomic E-state index is 0.284. The smallest absolute Gasteiger partial charge is 0.348 e. The Balaban J connectivity index is 1.87. The molecule has 8 heteroatoms. The molecule has 0 radical (unpaired) electrons. The Morgan fingerprint density at radius 3 is 2.72 bits per heavy atom. The molecule has 3 aromatic rings. The molecule has 0 saturated heterocycles. The van der Waals surface area contributed by atoms with E-state index in [2.05, 4.69) is 5.32 Å². The minimum atomic E-state index is -0.416. The maximum absolute atomic E-state index is 13.3. The van der Waals surface area contributed by atoms with Gasteiger partial charge in [0, 0.05) is 10.1 Å². The first-order valence-electron chi connectivity index (χ1n) is 7.37. The van der Waals surface area contributed by atoms with Crippen molar-refractivity contribution in [2.75, 3.05) is 11.9 Å². The minimum Gasteiger partial charge on any atom is -0.462 e. The van der Waals surface area contributed by atoms with Crippen LogP contribution < -0.4 is 5.32 Å². The molecule has 2 heterocycles. The summed E-state index contributed by atoms with van der Waals surface area (Å²) < 4.78 is 18.9. The lowest BCUT2D eigenvalue weighted by Crippen LogP contribution is -2.09. The Labute approximate surface area is 156 Å². The lowest BCUT2D eigenvalue weighted by Gasteiger charge is -2.00. The normalized spacial score (nSPS) is 10.9. The Hall–Kier alpha value is -1.96. The van der Waals surface area contributed by atoms with Gasteiger partial charge >= 0.3 is 5.97 Å². The highest BCUT2D eigenvalue weighted by Gasteiger charge is 2.20. The number of thiophene rings is 2. The first-order chi connectivity index (χ1) is 11.9. The van der Waals surface area contributed by atoms with Gasteiger partial charge < -0.3 is 10.1 Å². The number of rotatable bonds is 4. The third kappa shape index (κ3) is 3.53. The quantitative estimate of drug-likeness (QED) is 0.592. The predicted octanol–water partition coefficient (Wildman–Crippen LogP) is 5.49. The molecule has 4 nitrogen and oxygen atoms in total. The first-order valence-corrected chi connectivity index (χ1v) is 9.38. The van der Waals surface area contributed by atoms with Crippen LogP contribution in [0.3, 0.4) is 0 Å². The molecule has 25 heavy (non-hydrogen) atoms. The summed E-state index contributed by atoms with van der Waals surface area (Å²) >= 11 is 8.52. The fraction of sp³-hybridized carbons (Fsp3) is 0.176. The zero-order valence-electron chi connectivity index (χ0n) is 13.3. The zero-order valence-corrected chi connectivity index (χ0v) is 15.7. The van der Waals surface area contributed by atoms with Crippen LogP contribution in [0.2, 0.25) is 5.02 Å². The van der Waals surface area contributed by atoms with Gasteiger partial charge in [-0.05, 0) is 43.7 Å². The summed E-state index contributed by atoms with van der Waals surface area (Å²) in [6.07, 6.45) is 0. The number of aryl methyl sites for hydroxylation is 1. The van der Waals surface area contributed by atoms with Gasteiger partial charge in [-0.1, -0.05) is 11.6 Å². The van der Waals surface area contributed by atoms with Gasteiger partial charge in [0.15, 0.2) is 0 Å². The molecule has 0 fully saturated rings.